The van der Waals surface area contributed by atoms with Gasteiger partial charge in [-0.15, -0.1) is 0 Å². The van der Waals surface area contributed by atoms with Gasteiger partial charge in [-0.05, 0) is 41.8 Å². The van der Waals surface area contributed by atoms with E-state index < -0.39 is 0 Å². The Hall–Kier alpha value is -2.85. The standard InChI is InChI=1S/C18H11ClN2O2/c19-12-7-9-13(10-8-12)20-21-17(22)14-5-1-3-11-4-2-6-15(16(11)14)18(21)23/h1-10,20H. The van der Waals surface area contributed by atoms with Crippen molar-refractivity contribution in [2.24, 2.45) is 0 Å². The minimum absolute atomic E-state index is 0.366. The lowest BCUT2D eigenvalue weighted by molar-refractivity contribution is 0.0649. The van der Waals surface area contributed by atoms with E-state index >= 15 is 0 Å². The van der Waals surface area contributed by atoms with Gasteiger partial charge >= 0.3 is 0 Å². The van der Waals surface area contributed by atoms with Crippen LogP contribution in [0.25, 0.3) is 10.8 Å². The SMILES string of the molecule is O=C1c2cccc3cccc(c23)C(=O)N1Nc1ccc(Cl)cc1. The van der Waals surface area contributed by atoms with Crippen molar-refractivity contribution >= 4 is 39.9 Å². The zero-order valence-corrected chi connectivity index (χ0v) is 12.7. The van der Waals surface area contributed by atoms with E-state index in [1.165, 1.54) is 0 Å². The molecule has 0 aromatic heterocycles. The first-order valence-corrected chi connectivity index (χ1v) is 7.46. The molecule has 0 spiro atoms. The summed E-state index contributed by atoms with van der Waals surface area (Å²) >= 11 is 5.86. The number of hydrogen-bond acceptors (Lipinski definition) is 3. The molecule has 0 bridgehead atoms. The van der Waals surface area contributed by atoms with Crippen LogP contribution < -0.4 is 5.43 Å². The number of hydrazine groups is 1. The topological polar surface area (TPSA) is 49.4 Å². The summed E-state index contributed by atoms with van der Waals surface area (Å²) in [7, 11) is 0. The average molecular weight is 323 g/mol. The van der Waals surface area contributed by atoms with E-state index in [2.05, 4.69) is 5.43 Å². The fourth-order valence-corrected chi connectivity index (χ4v) is 2.91. The molecule has 3 aromatic carbocycles. The third kappa shape index (κ3) is 2.15. The highest BCUT2D eigenvalue weighted by atomic mass is 35.5. The molecule has 0 atom stereocenters. The van der Waals surface area contributed by atoms with Crippen LogP contribution in [0.2, 0.25) is 5.02 Å². The monoisotopic (exact) mass is 322 g/mol. The van der Waals surface area contributed by atoms with Gasteiger partial charge in [-0.3, -0.25) is 15.0 Å². The van der Waals surface area contributed by atoms with E-state index in [1.54, 1.807) is 36.4 Å². The normalized spacial score (nSPS) is 13.5. The van der Waals surface area contributed by atoms with Crippen molar-refractivity contribution in [1.82, 2.24) is 5.01 Å². The number of hydrogen-bond donors (Lipinski definition) is 1. The van der Waals surface area contributed by atoms with E-state index in [4.69, 9.17) is 11.6 Å². The van der Waals surface area contributed by atoms with Crippen LogP contribution in [-0.2, 0) is 0 Å². The van der Waals surface area contributed by atoms with Crippen molar-refractivity contribution in [1.29, 1.82) is 0 Å². The maximum absolute atomic E-state index is 12.7. The van der Waals surface area contributed by atoms with E-state index in [9.17, 15) is 9.59 Å². The second-order valence-corrected chi connectivity index (χ2v) is 5.71. The lowest BCUT2D eigenvalue weighted by atomic mass is 9.95. The number of carbonyl (C=O) groups is 2. The van der Waals surface area contributed by atoms with Gasteiger partial charge in [-0.1, -0.05) is 35.9 Å². The van der Waals surface area contributed by atoms with Crippen molar-refractivity contribution in [2.75, 3.05) is 5.43 Å². The number of nitrogens with one attached hydrogen (secondary N) is 1. The van der Waals surface area contributed by atoms with Gasteiger partial charge in [-0.25, -0.2) is 0 Å². The minimum atomic E-state index is -0.366. The van der Waals surface area contributed by atoms with E-state index in [-0.39, 0.29) is 11.8 Å². The predicted octanol–water partition coefficient (Wildman–Crippen LogP) is 4.12. The summed E-state index contributed by atoms with van der Waals surface area (Å²) in [6.45, 7) is 0. The number of benzene rings is 3. The summed E-state index contributed by atoms with van der Waals surface area (Å²) in [5.74, 6) is -0.733. The quantitative estimate of drug-likeness (QED) is 0.722. The molecule has 1 heterocycles. The van der Waals surface area contributed by atoms with Gasteiger partial charge in [0.05, 0.1) is 16.8 Å². The van der Waals surface area contributed by atoms with Crippen molar-refractivity contribution in [2.45, 2.75) is 0 Å². The summed E-state index contributed by atoms with van der Waals surface area (Å²) in [6.07, 6.45) is 0. The molecule has 4 nitrogen and oxygen atoms in total. The summed E-state index contributed by atoms with van der Waals surface area (Å²) < 4.78 is 0. The van der Waals surface area contributed by atoms with E-state index in [1.807, 2.05) is 24.3 Å². The first-order valence-electron chi connectivity index (χ1n) is 7.08. The Morgan fingerprint density at radius 3 is 1.91 bits per heavy atom. The van der Waals surface area contributed by atoms with Gasteiger partial charge in [-0.2, -0.15) is 5.01 Å². The molecule has 0 aliphatic carbocycles. The second-order valence-electron chi connectivity index (χ2n) is 5.27. The van der Waals surface area contributed by atoms with Crippen LogP contribution in [0, 0.1) is 0 Å². The van der Waals surface area contributed by atoms with Crippen LogP contribution in [0.1, 0.15) is 20.7 Å². The van der Waals surface area contributed by atoms with Crippen LogP contribution in [0.15, 0.2) is 60.7 Å². The molecule has 2 amide bonds. The lowest BCUT2D eigenvalue weighted by Gasteiger charge is -2.27. The molecule has 1 aliphatic rings. The highest BCUT2D eigenvalue weighted by Crippen LogP contribution is 2.30. The highest BCUT2D eigenvalue weighted by Gasteiger charge is 2.32. The molecule has 0 saturated carbocycles. The van der Waals surface area contributed by atoms with Crippen LogP contribution >= 0.6 is 11.6 Å². The first-order chi connectivity index (χ1) is 11.1. The Bertz CT molecular complexity index is 900. The summed E-state index contributed by atoms with van der Waals surface area (Å²) in [6, 6.07) is 17.7. The fourth-order valence-electron chi connectivity index (χ4n) is 2.79. The summed E-state index contributed by atoms with van der Waals surface area (Å²) in [4.78, 5) is 25.4. The molecule has 3 aromatic rings. The van der Waals surface area contributed by atoms with Crippen molar-refractivity contribution in [3.05, 3.63) is 76.8 Å². The molecule has 1 aliphatic heterocycles. The van der Waals surface area contributed by atoms with Crippen LogP contribution in [0.3, 0.4) is 0 Å². The maximum Gasteiger partial charge on any atom is 0.280 e. The molecular formula is C18H11ClN2O2. The lowest BCUT2D eigenvalue weighted by Crippen LogP contribution is -2.44. The van der Waals surface area contributed by atoms with E-state index in [0.29, 0.717) is 27.2 Å². The zero-order valence-electron chi connectivity index (χ0n) is 11.9. The summed E-state index contributed by atoms with van der Waals surface area (Å²) in [5, 5.41) is 3.22. The largest absolute Gasteiger partial charge is 0.288 e. The Labute approximate surface area is 137 Å². The number of imide groups is 1. The van der Waals surface area contributed by atoms with Crippen molar-refractivity contribution < 1.29 is 9.59 Å². The third-order valence-electron chi connectivity index (χ3n) is 3.86. The second kappa shape index (κ2) is 5.11. The van der Waals surface area contributed by atoms with Crippen LogP contribution in [-0.4, -0.2) is 16.8 Å². The number of rotatable bonds is 2. The van der Waals surface area contributed by atoms with E-state index in [0.717, 1.165) is 10.4 Å². The smallest absolute Gasteiger partial charge is 0.280 e. The zero-order chi connectivity index (χ0) is 16.0. The van der Waals surface area contributed by atoms with Crippen LogP contribution in [0.5, 0.6) is 0 Å². The highest BCUT2D eigenvalue weighted by molar-refractivity contribution is 6.30. The molecule has 4 rings (SSSR count). The minimum Gasteiger partial charge on any atom is -0.288 e. The van der Waals surface area contributed by atoms with Gasteiger partial charge < -0.3 is 0 Å². The molecule has 112 valence electrons. The molecule has 1 N–H and O–H groups in total. The fraction of sp³-hybridized carbons (Fsp3) is 0. The molecule has 0 unspecified atom stereocenters. The molecule has 0 radical (unpaired) electrons. The molecule has 0 fully saturated rings. The Morgan fingerprint density at radius 1 is 0.783 bits per heavy atom. The third-order valence-corrected chi connectivity index (χ3v) is 4.11. The van der Waals surface area contributed by atoms with Crippen molar-refractivity contribution in [3.8, 4) is 0 Å². The van der Waals surface area contributed by atoms with Crippen molar-refractivity contribution in [3.63, 3.8) is 0 Å². The van der Waals surface area contributed by atoms with Gasteiger partial charge in [0.15, 0.2) is 0 Å². The van der Waals surface area contributed by atoms with Crippen LogP contribution in [0.4, 0.5) is 5.69 Å². The number of nitrogens with zero attached hydrogens (tertiary/aromatic N) is 1. The summed E-state index contributed by atoms with van der Waals surface area (Å²) in [5.41, 5.74) is 4.51. The average Bonchev–Trinajstić information content (AvgIpc) is 2.58. The number of carbonyl (C=O) groups excluding carboxylic acids is 2. The van der Waals surface area contributed by atoms with Gasteiger partial charge in [0, 0.05) is 10.4 Å². The Kier molecular flexibility index (Phi) is 3.06. The molecule has 23 heavy (non-hydrogen) atoms. The van der Waals surface area contributed by atoms with Gasteiger partial charge in [0.1, 0.15) is 0 Å². The Morgan fingerprint density at radius 2 is 1.35 bits per heavy atom. The first kappa shape index (κ1) is 13.8. The Balaban J connectivity index is 1.81. The number of halogens is 1. The maximum atomic E-state index is 12.7. The number of amides is 2. The molecular weight excluding hydrogens is 312 g/mol. The number of anilines is 1. The van der Waals surface area contributed by atoms with Gasteiger partial charge in [0.25, 0.3) is 11.8 Å². The molecule has 5 heteroatoms. The van der Waals surface area contributed by atoms with Gasteiger partial charge in [0.2, 0.25) is 0 Å². The molecule has 0 saturated heterocycles. The predicted molar refractivity (Wildman–Crippen MR) is 89.5 cm³/mol.